The molecule has 13 heavy (non-hydrogen) atoms. The topological polar surface area (TPSA) is 43.4 Å². The summed E-state index contributed by atoms with van der Waals surface area (Å²) in [6, 6.07) is 0. The largest absolute Gasteiger partial charge is 0.522 e. The molecule has 3 nitrogen and oxygen atoms in total. The SMILES string of the molecule is C[Si](C)(C)OS(=O)(=O)C(F)(F)F.[Ar]. The van der Waals surface area contributed by atoms with Crippen molar-refractivity contribution in [2.75, 3.05) is 0 Å². The van der Waals surface area contributed by atoms with Crippen molar-refractivity contribution in [1.82, 2.24) is 0 Å². The van der Waals surface area contributed by atoms with Gasteiger partial charge in [-0.05, 0) is 19.6 Å². The molecule has 0 radical (unpaired) electrons. The average molecular weight is 262 g/mol. The summed E-state index contributed by atoms with van der Waals surface area (Å²) < 4.78 is 59.7. The normalized spacial score (nSPS) is 13.7. The summed E-state index contributed by atoms with van der Waals surface area (Å²) >= 11 is 0. The Morgan fingerprint density at radius 3 is 1.54 bits per heavy atom. The van der Waals surface area contributed by atoms with Crippen molar-refractivity contribution in [2.45, 2.75) is 25.1 Å². The first-order chi connectivity index (χ1) is 4.96. The molecule has 0 amide bonds. The van der Waals surface area contributed by atoms with Gasteiger partial charge in [-0.15, -0.1) is 0 Å². The van der Waals surface area contributed by atoms with Gasteiger partial charge in [-0.25, -0.2) is 0 Å². The van der Waals surface area contributed by atoms with Gasteiger partial charge in [-0.3, -0.25) is 0 Å². The van der Waals surface area contributed by atoms with Crippen molar-refractivity contribution in [2.24, 2.45) is 0 Å². The molecular formula is C4H9ArF3O3SSi. The van der Waals surface area contributed by atoms with Gasteiger partial charge in [-0.2, -0.15) is 21.6 Å². The molecule has 0 atom stereocenters. The Morgan fingerprint density at radius 1 is 1.15 bits per heavy atom. The Kier molecular flexibility index (Phi) is 6.13. The third-order valence-corrected chi connectivity index (χ3v) is 4.09. The molecule has 0 spiro atoms. The molecule has 0 aromatic heterocycles. The summed E-state index contributed by atoms with van der Waals surface area (Å²) in [6.07, 6.45) is 0. The van der Waals surface area contributed by atoms with Gasteiger partial charge < -0.3 is 3.87 Å². The van der Waals surface area contributed by atoms with Crippen LogP contribution in [0.3, 0.4) is 0 Å². The second kappa shape index (κ2) is 4.80. The molecule has 0 aliphatic carbocycles. The van der Waals surface area contributed by atoms with Crippen LogP contribution in [0.5, 0.6) is 0 Å². The van der Waals surface area contributed by atoms with Crippen LogP contribution < -0.4 is 0 Å². The van der Waals surface area contributed by atoms with E-state index in [1.165, 1.54) is 19.6 Å². The fraction of sp³-hybridized carbons (Fsp3) is 1.00. The third kappa shape index (κ3) is 6.29. The molecule has 0 saturated carbocycles. The molecule has 0 saturated heterocycles. The van der Waals surface area contributed by atoms with E-state index in [0.29, 0.717) is 0 Å². The number of rotatable bonds is 2. The van der Waals surface area contributed by atoms with Gasteiger partial charge in [0.15, 0.2) is 0 Å². The zero-order valence-electron chi connectivity index (χ0n) is 7.12. The van der Waals surface area contributed by atoms with Gasteiger partial charge in [0.25, 0.3) is 0 Å². The summed E-state index contributed by atoms with van der Waals surface area (Å²) in [5.41, 5.74) is -5.31. The first kappa shape index (κ1) is 16.6. The predicted molar refractivity (Wildman–Crippen MR) is 39.4 cm³/mol. The summed E-state index contributed by atoms with van der Waals surface area (Å²) in [5.74, 6) is 0. The van der Waals surface area contributed by atoms with E-state index in [9.17, 15) is 21.6 Å². The maximum atomic E-state index is 11.7. The second-order valence-corrected chi connectivity index (χ2v) is 9.36. The van der Waals surface area contributed by atoms with E-state index in [0.717, 1.165) is 0 Å². The van der Waals surface area contributed by atoms with Crippen LogP contribution in [0.15, 0.2) is 0 Å². The summed E-state index contributed by atoms with van der Waals surface area (Å²) in [7, 11) is -8.10. The smallest absolute Gasteiger partial charge is 0.309 e. The minimum atomic E-state index is -5.39. The number of halogens is 3. The number of alkyl halides is 3. The van der Waals surface area contributed by atoms with Crippen LogP contribution in [0.25, 0.3) is 0 Å². The van der Waals surface area contributed by atoms with E-state index in [4.69, 9.17) is 0 Å². The first-order valence-electron chi connectivity index (χ1n) is 2.98. The van der Waals surface area contributed by atoms with Crippen LogP contribution in [0.1, 0.15) is 0 Å². The van der Waals surface area contributed by atoms with Gasteiger partial charge in [0.2, 0.25) is 8.32 Å². The van der Waals surface area contributed by atoms with Crippen LogP contribution in [0.4, 0.5) is 13.2 Å². The maximum Gasteiger partial charge on any atom is 0.522 e. The van der Waals surface area contributed by atoms with Crippen molar-refractivity contribution in [3.05, 3.63) is 0 Å². The molecule has 0 rings (SSSR count). The van der Waals surface area contributed by atoms with Crippen molar-refractivity contribution in [3.63, 3.8) is 0 Å². The molecule has 0 aliphatic rings. The Balaban J connectivity index is 0. The molecule has 9 heteroatoms. The van der Waals surface area contributed by atoms with Crippen LogP contribution in [-0.2, 0) is 14.0 Å². The maximum absolute atomic E-state index is 11.7. The first-order valence-corrected chi connectivity index (χ1v) is 7.79. The van der Waals surface area contributed by atoms with Crippen LogP contribution >= 0.6 is 0 Å². The predicted octanol–water partition coefficient (Wildman–Crippen LogP) is 1.69. The fourth-order valence-electron chi connectivity index (χ4n) is 0.376. The Bertz CT molecular complexity index is 255. The zero-order chi connectivity index (χ0) is 10.2. The fourth-order valence-corrected chi connectivity index (χ4v) is 3.39. The Hall–Kier alpha value is 1.18. The standard InChI is InChI=1S/C4H9F3O3SSi.Ar/c1-12(2,3)10-11(8,9)4(5,6)7;/h1-3H3;. The van der Waals surface area contributed by atoms with Gasteiger partial charge in [0.1, 0.15) is 0 Å². The summed E-state index contributed by atoms with van der Waals surface area (Å²) in [6.45, 7) is 4.07. The molecule has 0 aromatic carbocycles. The summed E-state index contributed by atoms with van der Waals surface area (Å²) in [4.78, 5) is 0. The van der Waals surface area contributed by atoms with Gasteiger partial charge >= 0.3 is 15.6 Å². The number of hydrogen-bond acceptors (Lipinski definition) is 3. The Morgan fingerprint density at radius 2 is 1.46 bits per heavy atom. The van der Waals surface area contributed by atoms with Crippen LogP contribution in [-0.4, -0.2) is 22.2 Å². The molecule has 0 unspecified atom stereocenters. The monoisotopic (exact) mass is 262 g/mol. The molecule has 0 fully saturated rings. The van der Waals surface area contributed by atoms with E-state index in [-0.39, 0.29) is 37.7 Å². The van der Waals surface area contributed by atoms with Gasteiger partial charge in [0.05, 0.1) is 0 Å². The average Bonchev–Trinajstić information content (AvgIpc) is 1.52. The van der Waals surface area contributed by atoms with E-state index in [1.807, 2.05) is 0 Å². The van der Waals surface area contributed by atoms with E-state index < -0.39 is 23.9 Å². The number of hydrogen-bond donors (Lipinski definition) is 0. The van der Waals surface area contributed by atoms with Crippen molar-refractivity contribution in [3.8, 4) is 0 Å². The molecule has 82 valence electrons. The van der Waals surface area contributed by atoms with E-state index in [1.54, 1.807) is 0 Å². The van der Waals surface area contributed by atoms with Crippen molar-refractivity contribution >= 4 is 18.4 Å². The quantitative estimate of drug-likeness (QED) is 0.562. The van der Waals surface area contributed by atoms with Crippen LogP contribution in [0, 0.1) is 37.7 Å². The third-order valence-electron chi connectivity index (χ3n) is 0.643. The van der Waals surface area contributed by atoms with E-state index in [2.05, 4.69) is 3.87 Å². The molecular weight excluding hydrogens is 253 g/mol. The zero-order valence-corrected chi connectivity index (χ0v) is 9.64. The van der Waals surface area contributed by atoms with Crippen LogP contribution in [0.2, 0.25) is 19.6 Å². The minimum Gasteiger partial charge on any atom is -0.309 e. The molecule has 0 bridgehead atoms. The van der Waals surface area contributed by atoms with Gasteiger partial charge in [0, 0.05) is 37.7 Å². The molecule has 0 aromatic rings. The van der Waals surface area contributed by atoms with Crippen molar-refractivity contribution < 1.29 is 63.2 Å². The second-order valence-electron chi connectivity index (χ2n) is 3.10. The van der Waals surface area contributed by atoms with Crippen molar-refractivity contribution in [1.29, 1.82) is 0 Å². The van der Waals surface area contributed by atoms with Gasteiger partial charge in [-0.1, -0.05) is 0 Å². The minimum absolute atomic E-state index is 0. The van der Waals surface area contributed by atoms with E-state index >= 15 is 0 Å². The molecule has 0 N–H and O–H groups in total. The molecule has 0 heterocycles. The molecule has 0 aliphatic heterocycles. The Labute approximate surface area is 106 Å². The summed E-state index contributed by atoms with van der Waals surface area (Å²) in [5, 5.41) is 0.